The molecule has 1 rings (SSSR count). The summed E-state index contributed by atoms with van der Waals surface area (Å²) in [5, 5.41) is 20.7. The van der Waals surface area contributed by atoms with Crippen molar-refractivity contribution < 1.29 is 66.4 Å². The summed E-state index contributed by atoms with van der Waals surface area (Å²) in [4.78, 5) is 10.9. The summed E-state index contributed by atoms with van der Waals surface area (Å²) >= 11 is 0. The summed E-state index contributed by atoms with van der Waals surface area (Å²) in [7, 11) is 0. The van der Waals surface area contributed by atoms with E-state index in [1.54, 1.807) is 6.92 Å². The largest absolute Gasteiger partial charge is 1.00 e. The first kappa shape index (κ1) is 17.1. The number of aryl methyl sites for hydroxylation is 1. The van der Waals surface area contributed by atoms with Crippen LogP contribution in [0.4, 0.5) is 0 Å². The van der Waals surface area contributed by atoms with Crippen molar-refractivity contribution >= 4 is 5.97 Å². The number of hydrogen-bond donors (Lipinski definition) is 1. The van der Waals surface area contributed by atoms with E-state index in [1.807, 2.05) is 6.92 Å². The summed E-state index contributed by atoms with van der Waals surface area (Å²) in [5.41, 5.74) is 1.38. The van der Waals surface area contributed by atoms with E-state index in [9.17, 15) is 15.0 Å². The smallest absolute Gasteiger partial charge is 0.545 e. The quantitative estimate of drug-likeness (QED) is 0.704. The molecule has 0 saturated carbocycles. The number of phenolic OH excluding ortho intramolecular Hbond substituents is 1. The minimum absolute atomic E-state index is 0. The van der Waals surface area contributed by atoms with Crippen LogP contribution < -0.4 is 56.5 Å². The van der Waals surface area contributed by atoms with Gasteiger partial charge in [0.05, 0.1) is 5.97 Å². The van der Waals surface area contributed by atoms with Gasteiger partial charge in [-0.2, -0.15) is 0 Å². The summed E-state index contributed by atoms with van der Waals surface area (Å²) in [6.07, 6.45) is 1.91. The van der Waals surface area contributed by atoms with Crippen LogP contribution in [0.2, 0.25) is 0 Å². The minimum atomic E-state index is -1.19. The Morgan fingerprint density at radius 1 is 1.47 bits per heavy atom. The molecule has 0 bridgehead atoms. The van der Waals surface area contributed by atoms with E-state index in [0.717, 1.165) is 12.8 Å². The van der Waals surface area contributed by atoms with Crippen LogP contribution in [0.1, 0.15) is 54.1 Å². The fourth-order valence-corrected chi connectivity index (χ4v) is 1.91. The van der Waals surface area contributed by atoms with Crippen molar-refractivity contribution in [2.45, 2.75) is 39.5 Å². The van der Waals surface area contributed by atoms with Crippen LogP contribution in [0.3, 0.4) is 0 Å². The number of carboxylic acid groups (broad SMARTS) is 1. The monoisotopic (exact) mass is 260 g/mol. The molecule has 0 aliphatic rings. The molecule has 0 fully saturated rings. The third-order valence-electron chi connectivity index (χ3n) is 2.85. The third kappa shape index (κ3) is 4.37. The van der Waals surface area contributed by atoms with E-state index in [4.69, 9.17) is 0 Å². The van der Waals surface area contributed by atoms with Gasteiger partial charge in [-0.15, -0.1) is 0 Å². The minimum Gasteiger partial charge on any atom is -0.545 e. The molecule has 1 aromatic rings. The number of benzene rings is 1. The second-order valence-electron chi connectivity index (χ2n) is 4.20. The molecule has 0 aliphatic heterocycles. The van der Waals surface area contributed by atoms with Crippen molar-refractivity contribution in [3.8, 4) is 5.75 Å². The van der Waals surface area contributed by atoms with Gasteiger partial charge in [0.1, 0.15) is 5.75 Å². The first-order valence-corrected chi connectivity index (χ1v) is 5.52. The maximum atomic E-state index is 10.9. The molecule has 1 N–H and O–H groups in total. The van der Waals surface area contributed by atoms with E-state index < -0.39 is 5.97 Å². The molecule has 0 amide bonds. The van der Waals surface area contributed by atoms with Gasteiger partial charge in [0.15, 0.2) is 0 Å². The SMILES string of the molecule is CCCC(C)c1cc(C(=O)[O-])c(C)cc1O.[K+]. The number of rotatable bonds is 4. The fraction of sp³-hybridized carbons (Fsp3) is 0.462. The van der Waals surface area contributed by atoms with Gasteiger partial charge in [0.2, 0.25) is 0 Å². The molecule has 0 spiro atoms. The van der Waals surface area contributed by atoms with E-state index >= 15 is 0 Å². The maximum Gasteiger partial charge on any atom is 1.00 e. The van der Waals surface area contributed by atoms with E-state index in [1.165, 1.54) is 12.1 Å². The molecule has 0 radical (unpaired) electrons. The molecule has 0 aromatic heterocycles. The summed E-state index contributed by atoms with van der Waals surface area (Å²) in [6.45, 7) is 5.69. The van der Waals surface area contributed by atoms with Crippen LogP contribution in [0, 0.1) is 6.92 Å². The topological polar surface area (TPSA) is 60.4 Å². The summed E-state index contributed by atoms with van der Waals surface area (Å²) in [6, 6.07) is 3.02. The van der Waals surface area contributed by atoms with Crippen molar-refractivity contribution in [2.24, 2.45) is 0 Å². The molecular weight excluding hydrogens is 243 g/mol. The van der Waals surface area contributed by atoms with E-state index in [-0.39, 0.29) is 68.6 Å². The van der Waals surface area contributed by atoms with Crippen molar-refractivity contribution in [1.82, 2.24) is 0 Å². The van der Waals surface area contributed by atoms with Crippen molar-refractivity contribution in [2.75, 3.05) is 0 Å². The van der Waals surface area contributed by atoms with E-state index in [0.29, 0.717) is 11.1 Å². The molecule has 17 heavy (non-hydrogen) atoms. The van der Waals surface area contributed by atoms with Crippen LogP contribution in [-0.4, -0.2) is 11.1 Å². The van der Waals surface area contributed by atoms with Gasteiger partial charge < -0.3 is 15.0 Å². The van der Waals surface area contributed by atoms with Crippen LogP contribution in [0.5, 0.6) is 5.75 Å². The fourth-order valence-electron chi connectivity index (χ4n) is 1.91. The molecule has 3 nitrogen and oxygen atoms in total. The molecule has 1 aromatic carbocycles. The Bertz CT molecular complexity index is 402. The van der Waals surface area contributed by atoms with Gasteiger partial charge in [-0.3, -0.25) is 0 Å². The standard InChI is InChI=1S/C13H18O3.K/c1-4-5-8(2)10-7-11(13(15)16)9(3)6-12(10)14;/h6-8,14H,4-5H2,1-3H3,(H,15,16);/q;+1/p-1. The zero-order valence-corrected chi connectivity index (χ0v) is 14.0. The van der Waals surface area contributed by atoms with Gasteiger partial charge in [-0.05, 0) is 42.5 Å². The summed E-state index contributed by atoms with van der Waals surface area (Å²) in [5.74, 6) is -0.866. The Balaban J connectivity index is 0.00000256. The zero-order chi connectivity index (χ0) is 12.3. The summed E-state index contributed by atoms with van der Waals surface area (Å²) < 4.78 is 0. The first-order chi connectivity index (χ1) is 7.47. The molecule has 88 valence electrons. The van der Waals surface area contributed by atoms with Crippen LogP contribution in [0.25, 0.3) is 0 Å². The van der Waals surface area contributed by atoms with Crippen LogP contribution in [0.15, 0.2) is 12.1 Å². The van der Waals surface area contributed by atoms with E-state index in [2.05, 4.69) is 6.92 Å². The normalized spacial score (nSPS) is 11.7. The van der Waals surface area contributed by atoms with Crippen molar-refractivity contribution in [3.63, 3.8) is 0 Å². The molecule has 0 heterocycles. The molecule has 4 heteroatoms. The third-order valence-corrected chi connectivity index (χ3v) is 2.85. The Hall–Kier alpha value is 0.126. The van der Waals surface area contributed by atoms with Gasteiger partial charge in [-0.1, -0.05) is 20.3 Å². The Morgan fingerprint density at radius 2 is 2.06 bits per heavy atom. The molecular formula is C13H17KO3. The Labute approximate surface area is 145 Å². The Morgan fingerprint density at radius 3 is 2.53 bits per heavy atom. The van der Waals surface area contributed by atoms with Gasteiger partial charge >= 0.3 is 51.4 Å². The molecule has 0 aliphatic carbocycles. The number of carbonyl (C=O) groups is 1. The van der Waals surface area contributed by atoms with Gasteiger partial charge in [0.25, 0.3) is 0 Å². The maximum absolute atomic E-state index is 10.9. The number of hydrogen-bond acceptors (Lipinski definition) is 3. The van der Waals surface area contributed by atoms with Gasteiger partial charge in [-0.25, -0.2) is 0 Å². The number of aromatic carboxylic acids is 1. The first-order valence-electron chi connectivity index (χ1n) is 5.52. The zero-order valence-electron chi connectivity index (χ0n) is 10.9. The number of aromatic hydroxyl groups is 1. The van der Waals surface area contributed by atoms with Crippen LogP contribution >= 0.6 is 0 Å². The predicted octanol–water partition coefficient (Wildman–Crippen LogP) is -1.03. The van der Waals surface area contributed by atoms with Crippen molar-refractivity contribution in [3.05, 3.63) is 28.8 Å². The predicted molar refractivity (Wildman–Crippen MR) is 60.5 cm³/mol. The number of carbonyl (C=O) groups excluding carboxylic acids is 1. The van der Waals surface area contributed by atoms with Crippen LogP contribution in [-0.2, 0) is 0 Å². The second-order valence-corrected chi connectivity index (χ2v) is 4.20. The molecule has 0 saturated heterocycles. The second kappa shape index (κ2) is 7.54. The Kier molecular flexibility index (Phi) is 7.59. The number of phenols is 1. The average Bonchev–Trinajstić information content (AvgIpc) is 2.17. The van der Waals surface area contributed by atoms with Crippen molar-refractivity contribution in [1.29, 1.82) is 0 Å². The molecule has 1 atom stereocenters. The van der Waals surface area contributed by atoms with Gasteiger partial charge in [0, 0.05) is 5.56 Å². The average molecular weight is 260 g/mol. The molecule has 1 unspecified atom stereocenters. The number of carboxylic acids is 1.